The van der Waals surface area contributed by atoms with Crippen LogP contribution in [-0.2, 0) is 19.4 Å². The number of benzene rings is 1. The van der Waals surface area contributed by atoms with Gasteiger partial charge in [-0.25, -0.2) is 9.50 Å². The van der Waals surface area contributed by atoms with Crippen LogP contribution in [0.15, 0.2) is 55.0 Å². The molecule has 0 amide bonds. The van der Waals surface area contributed by atoms with Crippen molar-refractivity contribution in [3.8, 4) is 11.3 Å². The minimum atomic E-state index is 0.801. The van der Waals surface area contributed by atoms with E-state index >= 15 is 0 Å². The first-order chi connectivity index (χ1) is 14.8. The molecule has 5 aromatic rings. The van der Waals surface area contributed by atoms with Crippen LogP contribution < -0.4 is 5.32 Å². The Morgan fingerprint density at radius 2 is 2.03 bits per heavy atom. The first-order valence-electron chi connectivity index (χ1n) is 9.85. The normalized spacial score (nSPS) is 13.1. The van der Waals surface area contributed by atoms with E-state index in [9.17, 15) is 0 Å². The third-order valence-electron chi connectivity index (χ3n) is 5.25. The van der Waals surface area contributed by atoms with Crippen LogP contribution in [0.25, 0.3) is 16.2 Å². The predicted octanol–water partition coefficient (Wildman–Crippen LogP) is 3.72. The zero-order chi connectivity index (χ0) is 19.9. The molecule has 0 saturated heterocycles. The minimum absolute atomic E-state index is 0.801. The van der Waals surface area contributed by atoms with Crippen LogP contribution in [0, 0.1) is 0 Å². The Kier molecular flexibility index (Phi) is 4.05. The molecular weight excluding hydrogens is 396 g/mol. The molecule has 9 heteroatoms. The standard InChI is InChI=1S/C21H18N8S/c1-3-15(12-22-9-1)17-13-29-21(24-17)30-20(27-29)23-16-7-5-14(6-8-16)11-19-26-25-18-4-2-10-28(18)19/h1,3,5-9,12-13H,2,4,10-11H2,(H,23,27). The van der Waals surface area contributed by atoms with Crippen molar-refractivity contribution in [1.82, 2.24) is 34.3 Å². The van der Waals surface area contributed by atoms with Crippen LogP contribution in [-0.4, -0.2) is 34.3 Å². The van der Waals surface area contributed by atoms with Gasteiger partial charge in [0, 0.05) is 43.0 Å². The fourth-order valence-corrected chi connectivity index (χ4v) is 4.56. The van der Waals surface area contributed by atoms with Crippen LogP contribution in [0.3, 0.4) is 0 Å². The number of pyridine rings is 1. The number of rotatable bonds is 5. The summed E-state index contributed by atoms with van der Waals surface area (Å²) in [5.74, 6) is 2.16. The maximum Gasteiger partial charge on any atom is 0.214 e. The molecule has 0 bridgehead atoms. The molecule has 4 aromatic heterocycles. The summed E-state index contributed by atoms with van der Waals surface area (Å²) >= 11 is 1.52. The molecule has 0 radical (unpaired) electrons. The fraction of sp³-hybridized carbons (Fsp3) is 0.190. The zero-order valence-corrected chi connectivity index (χ0v) is 16.9. The number of fused-ring (bicyclic) bond motifs is 2. The van der Waals surface area contributed by atoms with Gasteiger partial charge in [0.05, 0.1) is 11.9 Å². The van der Waals surface area contributed by atoms with Gasteiger partial charge in [-0.1, -0.05) is 23.5 Å². The molecule has 1 aromatic carbocycles. The number of imidazole rings is 1. The first-order valence-corrected chi connectivity index (χ1v) is 10.7. The monoisotopic (exact) mass is 414 g/mol. The van der Waals surface area contributed by atoms with Crippen LogP contribution in [0.1, 0.15) is 23.6 Å². The van der Waals surface area contributed by atoms with Crippen LogP contribution in [0.5, 0.6) is 0 Å². The Hall–Kier alpha value is -3.59. The summed E-state index contributed by atoms with van der Waals surface area (Å²) < 4.78 is 4.05. The molecule has 0 saturated carbocycles. The lowest BCUT2D eigenvalue weighted by molar-refractivity contribution is 0.700. The number of nitrogens with one attached hydrogen (secondary N) is 1. The highest BCUT2D eigenvalue weighted by Crippen LogP contribution is 2.26. The first kappa shape index (κ1) is 17.3. The number of hydrogen-bond donors (Lipinski definition) is 1. The second-order valence-corrected chi connectivity index (χ2v) is 8.24. The van der Waals surface area contributed by atoms with E-state index in [2.05, 4.69) is 59.4 Å². The van der Waals surface area contributed by atoms with Gasteiger partial charge < -0.3 is 9.88 Å². The van der Waals surface area contributed by atoms with Gasteiger partial charge in [-0.2, -0.15) is 0 Å². The summed E-state index contributed by atoms with van der Waals surface area (Å²) in [6.45, 7) is 1.03. The number of hydrogen-bond acceptors (Lipinski definition) is 7. The average Bonchev–Trinajstić information content (AvgIpc) is 3.52. The SMILES string of the molecule is c1cncc(-c2cn3nc(Nc4ccc(Cc5nnc6n5CCC6)cc4)sc3n2)c1. The second kappa shape index (κ2) is 7.03. The number of aromatic nitrogens is 7. The van der Waals surface area contributed by atoms with Crippen molar-refractivity contribution >= 4 is 27.1 Å². The van der Waals surface area contributed by atoms with Gasteiger partial charge in [0.25, 0.3) is 0 Å². The lowest BCUT2D eigenvalue weighted by Gasteiger charge is -2.05. The van der Waals surface area contributed by atoms with E-state index in [-0.39, 0.29) is 0 Å². The molecule has 0 unspecified atom stereocenters. The lowest BCUT2D eigenvalue weighted by atomic mass is 10.1. The van der Waals surface area contributed by atoms with Gasteiger partial charge >= 0.3 is 0 Å². The van der Waals surface area contributed by atoms with E-state index in [1.165, 1.54) is 23.3 Å². The van der Waals surface area contributed by atoms with Crippen LogP contribution in [0.2, 0.25) is 0 Å². The van der Waals surface area contributed by atoms with Gasteiger partial charge in [0.2, 0.25) is 10.1 Å². The van der Waals surface area contributed by atoms with Crippen molar-refractivity contribution in [1.29, 1.82) is 0 Å². The summed E-state index contributed by atoms with van der Waals surface area (Å²) in [5, 5.41) is 17.4. The van der Waals surface area contributed by atoms with E-state index < -0.39 is 0 Å². The van der Waals surface area contributed by atoms with E-state index in [1.807, 2.05) is 18.3 Å². The molecule has 1 aliphatic rings. The molecule has 5 heterocycles. The summed E-state index contributed by atoms with van der Waals surface area (Å²) in [7, 11) is 0. The molecule has 0 spiro atoms. The molecule has 8 nitrogen and oxygen atoms in total. The smallest absolute Gasteiger partial charge is 0.214 e. The highest BCUT2D eigenvalue weighted by Gasteiger charge is 2.17. The highest BCUT2D eigenvalue weighted by molar-refractivity contribution is 7.20. The molecule has 0 fully saturated rings. The maximum absolute atomic E-state index is 4.65. The summed E-state index contributed by atoms with van der Waals surface area (Å²) in [6.07, 6.45) is 8.50. The molecule has 0 atom stereocenters. The van der Waals surface area contributed by atoms with Gasteiger partial charge in [-0.3, -0.25) is 4.98 Å². The Bertz CT molecular complexity index is 1290. The van der Waals surface area contributed by atoms with Crippen LogP contribution in [0.4, 0.5) is 10.8 Å². The van der Waals surface area contributed by atoms with Crippen LogP contribution >= 0.6 is 11.3 Å². The predicted molar refractivity (Wildman–Crippen MR) is 115 cm³/mol. The van der Waals surface area contributed by atoms with Gasteiger partial charge in [0.1, 0.15) is 11.6 Å². The van der Waals surface area contributed by atoms with E-state index in [0.717, 1.165) is 58.1 Å². The molecule has 148 valence electrons. The van der Waals surface area contributed by atoms with Gasteiger partial charge in [-0.15, -0.1) is 15.3 Å². The summed E-state index contributed by atoms with van der Waals surface area (Å²) in [5.41, 5.74) is 4.07. The Balaban J connectivity index is 1.17. The summed E-state index contributed by atoms with van der Waals surface area (Å²) in [6, 6.07) is 12.3. The molecular formula is C21H18N8S. The Morgan fingerprint density at radius 1 is 1.10 bits per heavy atom. The number of nitrogens with zero attached hydrogens (tertiary/aromatic N) is 7. The molecule has 1 N–H and O–H groups in total. The number of aryl methyl sites for hydroxylation is 1. The minimum Gasteiger partial charge on any atom is -0.330 e. The number of anilines is 2. The fourth-order valence-electron chi connectivity index (χ4n) is 3.76. The van der Waals surface area contributed by atoms with E-state index in [1.54, 1.807) is 16.9 Å². The molecule has 1 aliphatic heterocycles. The summed E-state index contributed by atoms with van der Waals surface area (Å²) in [4.78, 5) is 9.64. The largest absolute Gasteiger partial charge is 0.330 e. The van der Waals surface area contributed by atoms with Gasteiger partial charge in [-0.05, 0) is 36.2 Å². The van der Waals surface area contributed by atoms with Crippen molar-refractivity contribution in [3.05, 3.63) is 72.2 Å². The lowest BCUT2D eigenvalue weighted by Crippen LogP contribution is -2.02. The third kappa shape index (κ3) is 3.13. The van der Waals surface area contributed by atoms with Crippen molar-refractivity contribution in [2.75, 3.05) is 5.32 Å². The van der Waals surface area contributed by atoms with Crippen molar-refractivity contribution in [2.45, 2.75) is 25.8 Å². The highest BCUT2D eigenvalue weighted by atomic mass is 32.1. The second-order valence-electron chi connectivity index (χ2n) is 7.29. The Labute approximate surface area is 176 Å². The topological polar surface area (TPSA) is 85.8 Å². The van der Waals surface area contributed by atoms with Gasteiger partial charge in [0.15, 0.2) is 0 Å². The van der Waals surface area contributed by atoms with E-state index in [0.29, 0.717) is 0 Å². The zero-order valence-electron chi connectivity index (χ0n) is 16.1. The van der Waals surface area contributed by atoms with Crippen molar-refractivity contribution < 1.29 is 0 Å². The van der Waals surface area contributed by atoms with Crippen molar-refractivity contribution in [3.63, 3.8) is 0 Å². The molecule has 30 heavy (non-hydrogen) atoms. The van der Waals surface area contributed by atoms with E-state index in [4.69, 9.17) is 0 Å². The maximum atomic E-state index is 4.65. The molecule has 0 aliphatic carbocycles. The van der Waals surface area contributed by atoms with Crippen molar-refractivity contribution in [2.24, 2.45) is 0 Å². The quantitative estimate of drug-likeness (QED) is 0.472. The molecule has 6 rings (SSSR count). The average molecular weight is 414 g/mol. The third-order valence-corrected chi connectivity index (χ3v) is 6.09. The Morgan fingerprint density at radius 3 is 2.87 bits per heavy atom.